The third-order valence-corrected chi connectivity index (χ3v) is 8.71. The molecule has 0 radical (unpaired) electrons. The van der Waals surface area contributed by atoms with Gasteiger partial charge in [-0.05, 0) is 86.5 Å². The standard InChI is InChI=1S/C23H34O4/c1-14(24)26-17-9-11-22(3)16(13-17)5-6-18-19-7-8-21(27-15(2)25)23(19,4)12-10-20(18)22/h8,16-20H,5-7,9-13H2,1-4H3/t16?,17-,18-,19-,20-,22-,23-/m0/s1. The Bertz CT molecular complexity index is 667. The summed E-state index contributed by atoms with van der Waals surface area (Å²) in [5.74, 6) is 3.35. The first-order chi connectivity index (χ1) is 12.7. The molecule has 1 unspecified atom stereocenters. The van der Waals surface area contributed by atoms with Crippen LogP contribution in [0.4, 0.5) is 0 Å². The van der Waals surface area contributed by atoms with Crippen molar-refractivity contribution in [2.45, 2.75) is 85.2 Å². The highest BCUT2D eigenvalue weighted by Gasteiger charge is 2.59. The summed E-state index contributed by atoms with van der Waals surface area (Å²) in [6.07, 6.45) is 11.4. The monoisotopic (exact) mass is 374 g/mol. The van der Waals surface area contributed by atoms with Gasteiger partial charge in [0.15, 0.2) is 0 Å². The average Bonchev–Trinajstić information content (AvgIpc) is 2.91. The summed E-state index contributed by atoms with van der Waals surface area (Å²) < 4.78 is 11.2. The van der Waals surface area contributed by atoms with Crippen LogP contribution < -0.4 is 0 Å². The minimum atomic E-state index is -0.190. The molecule has 0 spiro atoms. The Balaban J connectivity index is 1.51. The van der Waals surface area contributed by atoms with Crippen LogP contribution in [0, 0.1) is 34.5 Å². The van der Waals surface area contributed by atoms with E-state index in [0.29, 0.717) is 17.3 Å². The van der Waals surface area contributed by atoms with Gasteiger partial charge in [-0.3, -0.25) is 9.59 Å². The lowest BCUT2D eigenvalue weighted by Crippen LogP contribution is -2.54. The van der Waals surface area contributed by atoms with E-state index in [9.17, 15) is 9.59 Å². The maximum absolute atomic E-state index is 11.5. The van der Waals surface area contributed by atoms with E-state index in [-0.39, 0.29) is 23.5 Å². The maximum atomic E-state index is 11.5. The van der Waals surface area contributed by atoms with Gasteiger partial charge in [0.2, 0.25) is 0 Å². The molecule has 0 aliphatic heterocycles. The number of fused-ring (bicyclic) bond motifs is 5. The molecule has 150 valence electrons. The molecule has 3 saturated carbocycles. The number of hydrogen-bond acceptors (Lipinski definition) is 4. The summed E-state index contributed by atoms with van der Waals surface area (Å²) in [7, 11) is 0. The predicted octanol–water partition coefficient (Wildman–Crippen LogP) is 5.02. The van der Waals surface area contributed by atoms with Crippen molar-refractivity contribution in [1.29, 1.82) is 0 Å². The first-order valence-electron chi connectivity index (χ1n) is 10.8. The predicted molar refractivity (Wildman–Crippen MR) is 103 cm³/mol. The van der Waals surface area contributed by atoms with Crippen LogP contribution in [0.1, 0.15) is 79.1 Å². The van der Waals surface area contributed by atoms with E-state index in [1.807, 2.05) is 0 Å². The lowest BCUT2D eigenvalue weighted by Gasteiger charge is -2.60. The molecule has 0 bridgehead atoms. The van der Waals surface area contributed by atoms with Crippen LogP contribution in [-0.4, -0.2) is 18.0 Å². The number of ether oxygens (including phenoxy) is 2. The fourth-order valence-electron chi connectivity index (χ4n) is 7.40. The van der Waals surface area contributed by atoms with Gasteiger partial charge in [0.05, 0.1) is 0 Å². The highest BCUT2D eigenvalue weighted by molar-refractivity contribution is 5.67. The molecule has 4 aliphatic carbocycles. The van der Waals surface area contributed by atoms with Crippen molar-refractivity contribution in [3.8, 4) is 0 Å². The molecule has 4 heteroatoms. The van der Waals surface area contributed by atoms with Crippen LogP contribution in [0.2, 0.25) is 0 Å². The molecule has 0 aromatic heterocycles. The van der Waals surface area contributed by atoms with E-state index >= 15 is 0 Å². The Morgan fingerprint density at radius 2 is 1.78 bits per heavy atom. The first kappa shape index (κ1) is 19.0. The van der Waals surface area contributed by atoms with Crippen LogP contribution in [-0.2, 0) is 19.1 Å². The number of hydrogen-bond donors (Lipinski definition) is 0. The average molecular weight is 375 g/mol. The van der Waals surface area contributed by atoms with Crippen molar-refractivity contribution in [2.75, 3.05) is 0 Å². The van der Waals surface area contributed by atoms with Gasteiger partial charge in [0.25, 0.3) is 0 Å². The second-order valence-electron chi connectivity index (χ2n) is 10.0. The van der Waals surface area contributed by atoms with Crippen LogP contribution in [0.25, 0.3) is 0 Å². The third kappa shape index (κ3) is 3.03. The fourth-order valence-corrected chi connectivity index (χ4v) is 7.40. The second-order valence-corrected chi connectivity index (χ2v) is 10.0. The van der Waals surface area contributed by atoms with Gasteiger partial charge in [-0.2, -0.15) is 0 Å². The van der Waals surface area contributed by atoms with Gasteiger partial charge >= 0.3 is 11.9 Å². The number of rotatable bonds is 2. The van der Waals surface area contributed by atoms with Gasteiger partial charge in [0, 0.05) is 19.3 Å². The lowest BCUT2D eigenvalue weighted by molar-refractivity contribution is -0.159. The van der Waals surface area contributed by atoms with E-state index in [1.54, 1.807) is 0 Å². The van der Waals surface area contributed by atoms with Crippen LogP contribution in [0.15, 0.2) is 11.8 Å². The zero-order valence-electron chi connectivity index (χ0n) is 17.3. The van der Waals surface area contributed by atoms with Crippen LogP contribution in [0.5, 0.6) is 0 Å². The normalized spacial score (nSPS) is 45.8. The van der Waals surface area contributed by atoms with Gasteiger partial charge in [0.1, 0.15) is 11.9 Å². The van der Waals surface area contributed by atoms with E-state index in [1.165, 1.54) is 39.5 Å². The molecule has 0 amide bonds. The molecule has 4 rings (SSSR count). The molecule has 0 aromatic carbocycles. The largest absolute Gasteiger partial charge is 0.463 e. The summed E-state index contributed by atoms with van der Waals surface area (Å²) in [6.45, 7) is 7.87. The van der Waals surface area contributed by atoms with Crippen molar-refractivity contribution >= 4 is 11.9 Å². The number of esters is 2. The van der Waals surface area contributed by atoms with E-state index in [2.05, 4.69) is 19.9 Å². The Kier molecular flexibility index (Phi) is 4.67. The summed E-state index contributed by atoms with van der Waals surface area (Å²) >= 11 is 0. The summed E-state index contributed by atoms with van der Waals surface area (Å²) in [5, 5.41) is 0. The van der Waals surface area contributed by atoms with E-state index < -0.39 is 0 Å². The van der Waals surface area contributed by atoms with Crippen molar-refractivity contribution < 1.29 is 19.1 Å². The van der Waals surface area contributed by atoms with Crippen LogP contribution in [0.3, 0.4) is 0 Å². The van der Waals surface area contributed by atoms with Gasteiger partial charge in [-0.25, -0.2) is 0 Å². The zero-order chi connectivity index (χ0) is 19.4. The molecular weight excluding hydrogens is 340 g/mol. The zero-order valence-corrected chi connectivity index (χ0v) is 17.3. The molecule has 0 N–H and O–H groups in total. The summed E-state index contributed by atoms with van der Waals surface area (Å²) in [4.78, 5) is 22.9. The molecule has 27 heavy (non-hydrogen) atoms. The van der Waals surface area contributed by atoms with E-state index in [0.717, 1.165) is 43.3 Å². The molecular formula is C23H34O4. The SMILES string of the molecule is CC(=O)OC1=CC[C@H]2[C@@H]3CCC4C[C@@H](OC(C)=O)CC[C@]4(C)[C@H]3CC[C@]12C. The quantitative estimate of drug-likeness (QED) is 0.637. The third-order valence-electron chi connectivity index (χ3n) is 8.71. The maximum Gasteiger partial charge on any atom is 0.307 e. The molecule has 7 atom stereocenters. The van der Waals surface area contributed by atoms with Crippen molar-refractivity contribution in [3.63, 3.8) is 0 Å². The molecule has 3 fully saturated rings. The molecule has 4 aliphatic rings. The lowest BCUT2D eigenvalue weighted by atomic mass is 9.45. The molecule has 0 heterocycles. The highest BCUT2D eigenvalue weighted by atomic mass is 16.5. The highest BCUT2D eigenvalue weighted by Crippen LogP contribution is 2.66. The smallest absolute Gasteiger partial charge is 0.307 e. The topological polar surface area (TPSA) is 52.6 Å². The van der Waals surface area contributed by atoms with Gasteiger partial charge in [-0.1, -0.05) is 13.8 Å². The molecule has 0 aromatic rings. The number of carbonyl (C=O) groups is 2. The Morgan fingerprint density at radius 1 is 1.00 bits per heavy atom. The van der Waals surface area contributed by atoms with Crippen molar-refractivity contribution in [1.82, 2.24) is 0 Å². The fraction of sp³-hybridized carbons (Fsp3) is 0.826. The van der Waals surface area contributed by atoms with E-state index in [4.69, 9.17) is 9.47 Å². The summed E-state index contributed by atoms with van der Waals surface area (Å²) in [6, 6.07) is 0. The Morgan fingerprint density at radius 3 is 2.48 bits per heavy atom. The molecule has 0 saturated heterocycles. The minimum absolute atomic E-state index is 0.0327. The van der Waals surface area contributed by atoms with Gasteiger partial charge < -0.3 is 9.47 Å². The van der Waals surface area contributed by atoms with Gasteiger partial charge in [-0.15, -0.1) is 0 Å². The Hall–Kier alpha value is -1.32. The summed E-state index contributed by atoms with van der Waals surface area (Å²) in [5.41, 5.74) is 0.399. The minimum Gasteiger partial charge on any atom is -0.463 e. The van der Waals surface area contributed by atoms with Crippen molar-refractivity contribution in [3.05, 3.63) is 11.8 Å². The Labute approximate surface area is 163 Å². The van der Waals surface area contributed by atoms with Crippen LogP contribution >= 0.6 is 0 Å². The number of carbonyl (C=O) groups excluding carboxylic acids is 2. The number of allylic oxidation sites excluding steroid dienone is 2. The van der Waals surface area contributed by atoms with Crippen molar-refractivity contribution in [2.24, 2.45) is 34.5 Å². The molecule has 4 nitrogen and oxygen atoms in total. The first-order valence-corrected chi connectivity index (χ1v) is 10.8. The second kappa shape index (κ2) is 6.63.